The lowest BCUT2D eigenvalue weighted by molar-refractivity contribution is -0.119. The molecule has 0 aromatic heterocycles. The number of hydrogen-bond acceptors (Lipinski definition) is 2. The van der Waals surface area contributed by atoms with Crippen molar-refractivity contribution in [3.8, 4) is 0 Å². The average Bonchev–Trinajstić information content (AvgIpc) is 2.68. The summed E-state index contributed by atoms with van der Waals surface area (Å²) >= 11 is 3.39. The Morgan fingerprint density at radius 1 is 1.24 bits per heavy atom. The largest absolute Gasteiger partial charge is 0.325 e. The van der Waals surface area contributed by atoms with Gasteiger partial charge >= 0.3 is 0 Å². The normalized spacial score (nSPS) is 18.2. The second-order valence-electron chi connectivity index (χ2n) is 5.09. The molecule has 0 saturated heterocycles. The minimum absolute atomic E-state index is 0.216. The average molecular weight is 296 g/mol. The van der Waals surface area contributed by atoms with Crippen molar-refractivity contribution in [1.82, 2.24) is 0 Å². The van der Waals surface area contributed by atoms with Crippen LogP contribution in [0.15, 0.2) is 28.7 Å². The SMILES string of the molecule is NC1(CC(=O)Cc2ccc(Br)cc2)CCCC1. The van der Waals surface area contributed by atoms with E-state index < -0.39 is 0 Å². The number of benzene rings is 1. The molecule has 2 N–H and O–H groups in total. The van der Waals surface area contributed by atoms with Crippen molar-refractivity contribution in [2.45, 2.75) is 44.1 Å². The van der Waals surface area contributed by atoms with Gasteiger partial charge in [0, 0.05) is 22.9 Å². The quantitative estimate of drug-likeness (QED) is 0.927. The van der Waals surface area contributed by atoms with E-state index in [4.69, 9.17) is 5.73 Å². The van der Waals surface area contributed by atoms with E-state index in [-0.39, 0.29) is 11.3 Å². The summed E-state index contributed by atoms with van der Waals surface area (Å²) in [4.78, 5) is 12.0. The third-order valence-corrected chi connectivity index (χ3v) is 3.99. The van der Waals surface area contributed by atoms with Crippen molar-refractivity contribution in [2.75, 3.05) is 0 Å². The predicted octanol–water partition coefficient (Wildman–Crippen LogP) is 3.22. The fraction of sp³-hybridized carbons (Fsp3) is 0.500. The van der Waals surface area contributed by atoms with Gasteiger partial charge in [-0.3, -0.25) is 4.79 Å². The fourth-order valence-electron chi connectivity index (χ4n) is 2.54. The maximum atomic E-state index is 12.0. The Hall–Kier alpha value is -0.670. The Labute approximate surface area is 111 Å². The molecule has 17 heavy (non-hydrogen) atoms. The van der Waals surface area contributed by atoms with E-state index in [0.717, 1.165) is 22.9 Å². The topological polar surface area (TPSA) is 43.1 Å². The van der Waals surface area contributed by atoms with Crippen LogP contribution in [0.2, 0.25) is 0 Å². The molecular formula is C14H18BrNO. The minimum atomic E-state index is -0.216. The van der Waals surface area contributed by atoms with Gasteiger partial charge in [-0.1, -0.05) is 40.9 Å². The zero-order chi connectivity index (χ0) is 12.3. The molecule has 1 aromatic rings. The Bertz CT molecular complexity index is 393. The highest BCUT2D eigenvalue weighted by Crippen LogP contribution is 2.30. The Morgan fingerprint density at radius 2 is 1.82 bits per heavy atom. The number of rotatable bonds is 4. The number of ketones is 1. The highest BCUT2D eigenvalue weighted by atomic mass is 79.9. The molecular weight excluding hydrogens is 278 g/mol. The first-order valence-electron chi connectivity index (χ1n) is 6.12. The van der Waals surface area contributed by atoms with Crippen LogP contribution in [-0.2, 0) is 11.2 Å². The fourth-order valence-corrected chi connectivity index (χ4v) is 2.81. The van der Waals surface area contributed by atoms with E-state index in [1.54, 1.807) is 0 Å². The summed E-state index contributed by atoms with van der Waals surface area (Å²) in [6.45, 7) is 0. The van der Waals surface area contributed by atoms with Crippen molar-refractivity contribution in [1.29, 1.82) is 0 Å². The molecule has 1 aliphatic rings. The van der Waals surface area contributed by atoms with E-state index in [1.165, 1.54) is 12.8 Å². The first-order chi connectivity index (χ1) is 8.07. The molecule has 3 heteroatoms. The van der Waals surface area contributed by atoms with E-state index in [9.17, 15) is 4.79 Å². The van der Waals surface area contributed by atoms with E-state index in [2.05, 4.69) is 15.9 Å². The van der Waals surface area contributed by atoms with Crippen molar-refractivity contribution in [3.63, 3.8) is 0 Å². The molecule has 0 unspecified atom stereocenters. The van der Waals surface area contributed by atoms with Gasteiger partial charge in [-0.15, -0.1) is 0 Å². The molecule has 2 nitrogen and oxygen atoms in total. The molecule has 0 aliphatic heterocycles. The number of carbonyl (C=O) groups is 1. The number of Topliss-reactive ketones (excluding diaryl/α,β-unsaturated/α-hetero) is 1. The maximum absolute atomic E-state index is 12.0. The molecule has 1 saturated carbocycles. The monoisotopic (exact) mass is 295 g/mol. The second kappa shape index (κ2) is 5.32. The van der Waals surface area contributed by atoms with Gasteiger partial charge in [0.15, 0.2) is 0 Å². The first kappa shape index (κ1) is 12.8. The second-order valence-corrected chi connectivity index (χ2v) is 6.00. The van der Waals surface area contributed by atoms with Crippen LogP contribution in [0.4, 0.5) is 0 Å². The van der Waals surface area contributed by atoms with Crippen LogP contribution in [0.5, 0.6) is 0 Å². The van der Waals surface area contributed by atoms with E-state index in [1.807, 2.05) is 24.3 Å². The van der Waals surface area contributed by atoms with Gasteiger partial charge in [0.1, 0.15) is 5.78 Å². The van der Waals surface area contributed by atoms with Crippen molar-refractivity contribution >= 4 is 21.7 Å². The summed E-state index contributed by atoms with van der Waals surface area (Å²) < 4.78 is 1.04. The third kappa shape index (κ3) is 3.65. The van der Waals surface area contributed by atoms with E-state index >= 15 is 0 Å². The van der Waals surface area contributed by atoms with Crippen LogP contribution in [0.1, 0.15) is 37.7 Å². The Morgan fingerprint density at radius 3 is 2.41 bits per heavy atom. The summed E-state index contributed by atoms with van der Waals surface area (Å²) in [7, 11) is 0. The number of halogens is 1. The van der Waals surface area contributed by atoms with Crippen molar-refractivity contribution < 1.29 is 4.79 Å². The molecule has 1 aliphatic carbocycles. The summed E-state index contributed by atoms with van der Waals surface area (Å²) in [5.41, 5.74) is 7.06. The van der Waals surface area contributed by atoms with Gasteiger partial charge in [0.25, 0.3) is 0 Å². The molecule has 0 heterocycles. The van der Waals surface area contributed by atoms with Gasteiger partial charge in [-0.25, -0.2) is 0 Å². The Balaban J connectivity index is 1.91. The lowest BCUT2D eigenvalue weighted by Crippen LogP contribution is -2.39. The molecule has 0 bridgehead atoms. The van der Waals surface area contributed by atoms with E-state index in [0.29, 0.717) is 12.8 Å². The van der Waals surface area contributed by atoms with Crippen molar-refractivity contribution in [3.05, 3.63) is 34.3 Å². The molecule has 0 radical (unpaired) electrons. The summed E-state index contributed by atoms with van der Waals surface area (Å²) in [6, 6.07) is 7.91. The zero-order valence-electron chi connectivity index (χ0n) is 9.92. The van der Waals surface area contributed by atoms with Crippen LogP contribution in [0.3, 0.4) is 0 Å². The smallest absolute Gasteiger partial charge is 0.139 e. The van der Waals surface area contributed by atoms with Gasteiger partial charge < -0.3 is 5.73 Å². The molecule has 92 valence electrons. The lowest BCUT2D eigenvalue weighted by Gasteiger charge is -2.22. The van der Waals surface area contributed by atoms with Crippen LogP contribution in [-0.4, -0.2) is 11.3 Å². The summed E-state index contributed by atoms with van der Waals surface area (Å²) in [5, 5.41) is 0. The zero-order valence-corrected chi connectivity index (χ0v) is 11.5. The van der Waals surface area contributed by atoms with Crippen molar-refractivity contribution in [2.24, 2.45) is 5.73 Å². The standard InChI is InChI=1S/C14H18BrNO/c15-12-5-3-11(4-6-12)9-13(17)10-14(16)7-1-2-8-14/h3-6H,1-2,7-10,16H2. The summed E-state index contributed by atoms with van der Waals surface area (Å²) in [5.74, 6) is 0.261. The third-order valence-electron chi connectivity index (χ3n) is 3.46. The molecule has 2 rings (SSSR count). The Kier molecular flexibility index (Phi) is 4.00. The first-order valence-corrected chi connectivity index (χ1v) is 6.92. The number of carbonyl (C=O) groups excluding carboxylic acids is 1. The van der Waals surface area contributed by atoms with Gasteiger partial charge in [0.2, 0.25) is 0 Å². The highest BCUT2D eigenvalue weighted by molar-refractivity contribution is 9.10. The molecule has 1 aromatic carbocycles. The molecule has 0 spiro atoms. The van der Waals surface area contributed by atoms with Gasteiger partial charge in [0.05, 0.1) is 0 Å². The summed E-state index contributed by atoms with van der Waals surface area (Å²) in [6.07, 6.45) is 5.37. The minimum Gasteiger partial charge on any atom is -0.325 e. The van der Waals surface area contributed by atoms with Crippen LogP contribution in [0, 0.1) is 0 Å². The van der Waals surface area contributed by atoms with Gasteiger partial charge in [-0.05, 0) is 30.5 Å². The molecule has 1 fully saturated rings. The van der Waals surface area contributed by atoms with Gasteiger partial charge in [-0.2, -0.15) is 0 Å². The maximum Gasteiger partial charge on any atom is 0.139 e. The van der Waals surface area contributed by atoms with Crippen LogP contribution < -0.4 is 5.73 Å². The molecule has 0 amide bonds. The predicted molar refractivity (Wildman–Crippen MR) is 72.9 cm³/mol. The highest BCUT2D eigenvalue weighted by Gasteiger charge is 2.31. The molecule has 0 atom stereocenters. The van der Waals surface area contributed by atoms with Crippen LogP contribution in [0.25, 0.3) is 0 Å². The lowest BCUT2D eigenvalue weighted by atomic mass is 9.90. The number of hydrogen-bond donors (Lipinski definition) is 1. The number of nitrogens with two attached hydrogens (primary N) is 1. The van der Waals surface area contributed by atoms with Crippen LogP contribution >= 0.6 is 15.9 Å².